The van der Waals surface area contributed by atoms with E-state index in [-0.39, 0.29) is 18.4 Å². The van der Waals surface area contributed by atoms with Crippen LogP contribution < -0.4 is 0 Å². The number of rotatable bonds is 3. The van der Waals surface area contributed by atoms with Crippen LogP contribution in [0.15, 0.2) is 48.5 Å². The van der Waals surface area contributed by atoms with E-state index in [1.807, 2.05) is 31.3 Å². The number of likely N-dealkylation sites (N-methyl/N-ethyl adjacent to an activating group) is 1. The molecule has 0 atom stereocenters. The molecule has 3 aromatic rings. The fourth-order valence-corrected chi connectivity index (χ4v) is 3.36. The zero-order valence-corrected chi connectivity index (χ0v) is 14.5. The molecule has 0 unspecified atom stereocenters. The van der Waals surface area contributed by atoms with Crippen LogP contribution >= 0.6 is 0 Å². The van der Waals surface area contributed by atoms with Gasteiger partial charge in [-0.2, -0.15) is 0 Å². The van der Waals surface area contributed by atoms with Crippen LogP contribution in [0.2, 0.25) is 0 Å². The normalized spacial score (nSPS) is 14.2. The van der Waals surface area contributed by atoms with Gasteiger partial charge in [0.15, 0.2) is 0 Å². The van der Waals surface area contributed by atoms with Crippen molar-refractivity contribution < 1.29 is 13.9 Å². The zero-order chi connectivity index (χ0) is 18.1. The molecule has 0 spiro atoms. The van der Waals surface area contributed by atoms with Crippen molar-refractivity contribution >= 4 is 16.9 Å². The topological polar surface area (TPSA) is 42.4 Å². The van der Waals surface area contributed by atoms with E-state index in [4.69, 9.17) is 9.72 Å². The molecule has 26 heavy (non-hydrogen) atoms. The Labute approximate surface area is 151 Å². The Balaban J connectivity index is 1.70. The highest BCUT2D eigenvalue weighted by atomic mass is 19.1. The van der Waals surface area contributed by atoms with E-state index < -0.39 is 0 Å². The number of esters is 1. The third-order valence-electron chi connectivity index (χ3n) is 4.72. The summed E-state index contributed by atoms with van der Waals surface area (Å²) in [5, 5.41) is 0.811. The number of fused-ring (bicyclic) bond motifs is 2. The number of benzene rings is 2. The molecular weight excluding hydrogens is 331 g/mol. The summed E-state index contributed by atoms with van der Waals surface area (Å²) in [6.07, 6.45) is 0.814. The second-order valence-corrected chi connectivity index (χ2v) is 6.62. The minimum Gasteiger partial charge on any atom is -0.457 e. The van der Waals surface area contributed by atoms with Crippen LogP contribution in [0.25, 0.3) is 10.9 Å². The van der Waals surface area contributed by atoms with Crippen molar-refractivity contribution in [1.82, 2.24) is 9.88 Å². The maximum atomic E-state index is 13.0. The van der Waals surface area contributed by atoms with Gasteiger partial charge in [0.25, 0.3) is 0 Å². The van der Waals surface area contributed by atoms with E-state index in [1.165, 1.54) is 12.1 Å². The lowest BCUT2D eigenvalue weighted by atomic mass is 9.96. The van der Waals surface area contributed by atoms with Crippen molar-refractivity contribution in [3.63, 3.8) is 0 Å². The van der Waals surface area contributed by atoms with Crippen LogP contribution in [0.1, 0.15) is 27.2 Å². The van der Waals surface area contributed by atoms with Crippen molar-refractivity contribution in [2.75, 3.05) is 13.6 Å². The van der Waals surface area contributed by atoms with E-state index in [0.717, 1.165) is 40.7 Å². The second kappa shape index (κ2) is 6.84. The summed E-state index contributed by atoms with van der Waals surface area (Å²) in [6.45, 7) is 1.71. The molecule has 132 valence electrons. The molecule has 0 aliphatic carbocycles. The molecule has 1 aliphatic rings. The van der Waals surface area contributed by atoms with Crippen molar-refractivity contribution in [2.45, 2.75) is 19.6 Å². The quantitative estimate of drug-likeness (QED) is 0.675. The fourth-order valence-electron chi connectivity index (χ4n) is 3.36. The Morgan fingerprint density at radius 2 is 1.96 bits per heavy atom. The average Bonchev–Trinajstić information content (AvgIpc) is 2.65. The largest absolute Gasteiger partial charge is 0.457 e. The van der Waals surface area contributed by atoms with Gasteiger partial charge in [-0.3, -0.25) is 4.98 Å². The van der Waals surface area contributed by atoms with Crippen molar-refractivity contribution in [3.8, 4) is 0 Å². The van der Waals surface area contributed by atoms with Gasteiger partial charge >= 0.3 is 5.97 Å². The van der Waals surface area contributed by atoms with Gasteiger partial charge in [0.05, 0.1) is 11.1 Å². The highest BCUT2D eigenvalue weighted by Gasteiger charge is 2.25. The molecule has 0 fully saturated rings. The van der Waals surface area contributed by atoms with Gasteiger partial charge in [0, 0.05) is 36.2 Å². The maximum absolute atomic E-state index is 13.0. The van der Waals surface area contributed by atoms with Crippen molar-refractivity contribution in [1.29, 1.82) is 0 Å². The van der Waals surface area contributed by atoms with Gasteiger partial charge in [-0.15, -0.1) is 0 Å². The van der Waals surface area contributed by atoms with Crippen LogP contribution in [-0.2, 0) is 24.3 Å². The van der Waals surface area contributed by atoms with Crippen LogP contribution in [-0.4, -0.2) is 29.4 Å². The van der Waals surface area contributed by atoms with Gasteiger partial charge in [-0.25, -0.2) is 9.18 Å². The first-order valence-electron chi connectivity index (χ1n) is 8.62. The lowest BCUT2D eigenvalue weighted by Gasteiger charge is -2.26. The molecule has 1 aromatic heterocycles. The molecule has 4 rings (SSSR count). The Morgan fingerprint density at radius 1 is 1.19 bits per heavy atom. The molecule has 0 saturated carbocycles. The number of halogens is 1. The summed E-state index contributed by atoms with van der Waals surface area (Å²) in [5.41, 5.74) is 4.07. The summed E-state index contributed by atoms with van der Waals surface area (Å²) < 4.78 is 18.6. The molecule has 2 aromatic carbocycles. The van der Waals surface area contributed by atoms with E-state index in [9.17, 15) is 9.18 Å². The number of nitrogens with zero attached hydrogens (tertiary/aromatic N) is 2. The highest BCUT2D eigenvalue weighted by molar-refractivity contribution is 6.05. The summed E-state index contributed by atoms with van der Waals surface area (Å²) in [6, 6.07) is 13.6. The van der Waals surface area contributed by atoms with E-state index >= 15 is 0 Å². The third-order valence-corrected chi connectivity index (χ3v) is 4.72. The summed E-state index contributed by atoms with van der Waals surface area (Å²) in [5.74, 6) is -0.670. The number of hydrogen-bond acceptors (Lipinski definition) is 4. The number of pyridine rings is 1. The standard InChI is InChI=1S/C21H19FN2O2/c1-24-11-10-19-17(12-24)20(16-4-2-3-5-18(16)23-19)21(25)26-13-14-6-8-15(22)9-7-14/h2-9H,10-13H2,1H3. The number of carbonyl (C=O) groups excluding carboxylic acids is 1. The molecule has 0 saturated heterocycles. The fraction of sp³-hybridized carbons (Fsp3) is 0.238. The molecule has 4 nitrogen and oxygen atoms in total. The number of aromatic nitrogens is 1. The predicted octanol–water partition coefficient (Wildman–Crippen LogP) is 3.72. The van der Waals surface area contributed by atoms with E-state index in [0.29, 0.717) is 12.1 Å². The second-order valence-electron chi connectivity index (χ2n) is 6.62. The molecule has 0 radical (unpaired) electrons. The van der Waals surface area contributed by atoms with Crippen LogP contribution in [0, 0.1) is 5.82 Å². The Hall–Kier alpha value is -2.79. The number of ether oxygens (including phenoxy) is 1. The van der Waals surface area contributed by atoms with Crippen LogP contribution in [0.4, 0.5) is 4.39 Å². The predicted molar refractivity (Wildman–Crippen MR) is 97.3 cm³/mol. The molecule has 0 bridgehead atoms. The van der Waals surface area contributed by atoms with Gasteiger partial charge in [0.2, 0.25) is 0 Å². The lowest BCUT2D eigenvalue weighted by Crippen LogP contribution is -2.29. The molecular formula is C21H19FN2O2. The van der Waals surface area contributed by atoms with Crippen molar-refractivity contribution in [3.05, 3.63) is 76.7 Å². The zero-order valence-electron chi connectivity index (χ0n) is 14.5. The first-order valence-corrected chi connectivity index (χ1v) is 8.62. The van der Waals surface area contributed by atoms with Gasteiger partial charge in [-0.1, -0.05) is 30.3 Å². The lowest BCUT2D eigenvalue weighted by molar-refractivity contribution is 0.0472. The molecule has 5 heteroatoms. The summed E-state index contributed by atoms with van der Waals surface area (Å²) in [7, 11) is 2.03. The van der Waals surface area contributed by atoms with Gasteiger partial charge in [0.1, 0.15) is 12.4 Å². The minimum atomic E-state index is -0.362. The average molecular weight is 350 g/mol. The van der Waals surface area contributed by atoms with E-state index in [2.05, 4.69) is 4.90 Å². The van der Waals surface area contributed by atoms with Gasteiger partial charge < -0.3 is 9.64 Å². The van der Waals surface area contributed by atoms with Crippen LogP contribution in [0.3, 0.4) is 0 Å². The van der Waals surface area contributed by atoms with Gasteiger partial charge in [-0.05, 0) is 30.8 Å². The maximum Gasteiger partial charge on any atom is 0.339 e. The first-order chi connectivity index (χ1) is 12.6. The number of hydrogen-bond donors (Lipinski definition) is 0. The summed E-state index contributed by atoms with van der Waals surface area (Å²) >= 11 is 0. The molecule has 2 heterocycles. The van der Waals surface area contributed by atoms with Crippen LogP contribution in [0.5, 0.6) is 0 Å². The van der Waals surface area contributed by atoms with E-state index in [1.54, 1.807) is 12.1 Å². The third kappa shape index (κ3) is 3.18. The van der Waals surface area contributed by atoms with Crippen molar-refractivity contribution in [2.24, 2.45) is 0 Å². The Kier molecular flexibility index (Phi) is 4.39. The molecule has 0 N–H and O–H groups in total. The Morgan fingerprint density at radius 3 is 2.77 bits per heavy atom. The highest BCUT2D eigenvalue weighted by Crippen LogP contribution is 2.28. The SMILES string of the molecule is CN1CCc2nc3ccccc3c(C(=O)OCc3ccc(F)cc3)c2C1. The first kappa shape index (κ1) is 16.7. The molecule has 1 aliphatic heterocycles. The Bertz CT molecular complexity index is 970. The smallest absolute Gasteiger partial charge is 0.339 e. The number of para-hydroxylation sites is 1. The molecule has 0 amide bonds. The summed E-state index contributed by atoms with van der Waals surface area (Å²) in [4.78, 5) is 19.9. The minimum absolute atomic E-state index is 0.111. The monoisotopic (exact) mass is 350 g/mol. The number of carbonyl (C=O) groups is 1.